The number of nitrogens with zero attached hydrogens (tertiary/aromatic N) is 1. The van der Waals surface area contributed by atoms with E-state index in [-0.39, 0.29) is 6.29 Å². The van der Waals surface area contributed by atoms with Crippen LogP contribution in [-0.4, -0.2) is 44.0 Å². The summed E-state index contributed by atoms with van der Waals surface area (Å²) in [6.45, 7) is 11.5. The molecule has 0 saturated carbocycles. The molecule has 0 amide bonds. The van der Waals surface area contributed by atoms with Crippen LogP contribution in [0.3, 0.4) is 0 Å². The van der Waals surface area contributed by atoms with Crippen LogP contribution in [-0.2, 0) is 9.47 Å². The molecule has 0 bridgehead atoms. The first-order valence-corrected chi connectivity index (χ1v) is 6.71. The van der Waals surface area contributed by atoms with E-state index >= 15 is 0 Å². The molecule has 1 heterocycles. The molecule has 3 heteroatoms. The van der Waals surface area contributed by atoms with Crippen LogP contribution in [0, 0.1) is 5.92 Å². The van der Waals surface area contributed by atoms with Crippen LogP contribution < -0.4 is 0 Å². The Morgan fingerprint density at radius 2 is 1.69 bits per heavy atom. The van der Waals surface area contributed by atoms with E-state index in [1.54, 1.807) is 0 Å². The van der Waals surface area contributed by atoms with E-state index in [1.165, 1.54) is 25.9 Å². The molecule has 1 saturated heterocycles. The van der Waals surface area contributed by atoms with E-state index in [0.717, 1.165) is 32.1 Å². The zero-order valence-electron chi connectivity index (χ0n) is 11.1. The van der Waals surface area contributed by atoms with Crippen LogP contribution in [0.1, 0.15) is 40.0 Å². The summed E-state index contributed by atoms with van der Waals surface area (Å²) in [4.78, 5) is 2.53. The fourth-order valence-corrected chi connectivity index (χ4v) is 2.16. The number of hydrogen-bond acceptors (Lipinski definition) is 3. The summed E-state index contributed by atoms with van der Waals surface area (Å²) in [6, 6.07) is 0. The highest BCUT2D eigenvalue weighted by molar-refractivity contribution is 4.69. The lowest BCUT2D eigenvalue weighted by atomic mass is 9.99. The van der Waals surface area contributed by atoms with Gasteiger partial charge >= 0.3 is 0 Å². The molecule has 0 radical (unpaired) electrons. The van der Waals surface area contributed by atoms with Crippen molar-refractivity contribution < 1.29 is 9.47 Å². The van der Waals surface area contributed by atoms with E-state index < -0.39 is 0 Å². The first-order valence-electron chi connectivity index (χ1n) is 6.71. The number of hydrogen-bond donors (Lipinski definition) is 0. The van der Waals surface area contributed by atoms with Gasteiger partial charge in [-0.05, 0) is 45.7 Å². The number of piperidine rings is 1. The highest BCUT2D eigenvalue weighted by Crippen LogP contribution is 2.16. The summed E-state index contributed by atoms with van der Waals surface area (Å²) >= 11 is 0. The number of rotatable bonds is 7. The summed E-state index contributed by atoms with van der Waals surface area (Å²) < 4.78 is 11.1. The maximum Gasteiger partial charge on any atom is 0.158 e. The monoisotopic (exact) mass is 229 g/mol. The van der Waals surface area contributed by atoms with Crippen LogP contribution in [0.15, 0.2) is 0 Å². The van der Waals surface area contributed by atoms with Gasteiger partial charge in [0.15, 0.2) is 6.29 Å². The maximum absolute atomic E-state index is 5.55. The van der Waals surface area contributed by atoms with Crippen molar-refractivity contribution >= 4 is 0 Å². The second-order valence-electron chi connectivity index (χ2n) is 4.65. The summed E-state index contributed by atoms with van der Waals surface area (Å²) in [7, 11) is 0. The van der Waals surface area contributed by atoms with Crippen molar-refractivity contribution in [3.8, 4) is 0 Å². The third kappa shape index (κ3) is 5.28. The lowest BCUT2D eigenvalue weighted by molar-refractivity contribution is -0.142. The van der Waals surface area contributed by atoms with Crippen LogP contribution in [0.2, 0.25) is 0 Å². The molecule has 1 fully saturated rings. The molecular weight excluding hydrogens is 202 g/mol. The Morgan fingerprint density at radius 1 is 1.12 bits per heavy atom. The van der Waals surface area contributed by atoms with Gasteiger partial charge in [0.25, 0.3) is 0 Å². The van der Waals surface area contributed by atoms with Gasteiger partial charge < -0.3 is 14.4 Å². The Hall–Kier alpha value is -0.120. The van der Waals surface area contributed by atoms with Crippen LogP contribution >= 0.6 is 0 Å². The summed E-state index contributed by atoms with van der Waals surface area (Å²) in [5, 5.41) is 0. The summed E-state index contributed by atoms with van der Waals surface area (Å²) in [5.74, 6) is 0.908. The smallest absolute Gasteiger partial charge is 0.158 e. The van der Waals surface area contributed by atoms with Crippen molar-refractivity contribution in [1.29, 1.82) is 0 Å². The van der Waals surface area contributed by atoms with Crippen molar-refractivity contribution in [3.05, 3.63) is 0 Å². The average Bonchev–Trinajstić information content (AvgIpc) is 2.29. The Morgan fingerprint density at radius 3 is 2.19 bits per heavy atom. The third-order valence-electron chi connectivity index (χ3n) is 3.26. The highest BCUT2D eigenvalue weighted by atomic mass is 16.7. The van der Waals surface area contributed by atoms with Gasteiger partial charge in [-0.15, -0.1) is 0 Å². The van der Waals surface area contributed by atoms with Gasteiger partial charge in [-0.2, -0.15) is 0 Å². The second kappa shape index (κ2) is 8.04. The molecule has 3 nitrogen and oxygen atoms in total. The van der Waals surface area contributed by atoms with Crippen LogP contribution in [0.4, 0.5) is 0 Å². The van der Waals surface area contributed by atoms with Crippen molar-refractivity contribution in [1.82, 2.24) is 4.90 Å². The fraction of sp³-hybridized carbons (Fsp3) is 1.00. The van der Waals surface area contributed by atoms with E-state index in [1.807, 2.05) is 13.8 Å². The SMILES string of the molecule is CCOC(CCN1CCC(C)CC1)OCC. The van der Waals surface area contributed by atoms with Gasteiger partial charge in [0.1, 0.15) is 0 Å². The molecular formula is C13H27NO2. The van der Waals surface area contributed by atoms with Crippen LogP contribution in [0.25, 0.3) is 0 Å². The largest absolute Gasteiger partial charge is 0.353 e. The van der Waals surface area contributed by atoms with E-state index in [4.69, 9.17) is 9.47 Å². The molecule has 0 aromatic rings. The zero-order valence-corrected chi connectivity index (χ0v) is 11.1. The minimum Gasteiger partial charge on any atom is -0.353 e. The molecule has 96 valence electrons. The first-order chi connectivity index (χ1) is 7.76. The van der Waals surface area contributed by atoms with Gasteiger partial charge in [0.2, 0.25) is 0 Å². The van der Waals surface area contributed by atoms with Gasteiger partial charge in [0.05, 0.1) is 0 Å². The second-order valence-corrected chi connectivity index (χ2v) is 4.65. The third-order valence-corrected chi connectivity index (χ3v) is 3.26. The summed E-state index contributed by atoms with van der Waals surface area (Å²) in [6.07, 6.45) is 3.67. The lowest BCUT2D eigenvalue weighted by Gasteiger charge is -2.31. The Balaban J connectivity index is 2.15. The number of likely N-dealkylation sites (tertiary alicyclic amines) is 1. The molecule has 0 aromatic heterocycles. The molecule has 1 rings (SSSR count). The normalized spacial score (nSPS) is 19.5. The van der Waals surface area contributed by atoms with Crippen LogP contribution in [0.5, 0.6) is 0 Å². The first kappa shape index (κ1) is 13.9. The predicted octanol–water partition coefficient (Wildman–Crippen LogP) is 2.51. The molecule has 1 aliphatic rings. The average molecular weight is 229 g/mol. The molecule has 0 aromatic carbocycles. The topological polar surface area (TPSA) is 21.7 Å². The van der Waals surface area contributed by atoms with Crippen molar-refractivity contribution in [2.45, 2.75) is 46.3 Å². The van der Waals surface area contributed by atoms with E-state index in [2.05, 4.69) is 11.8 Å². The highest BCUT2D eigenvalue weighted by Gasteiger charge is 2.17. The van der Waals surface area contributed by atoms with Crippen molar-refractivity contribution in [3.63, 3.8) is 0 Å². The quantitative estimate of drug-likeness (QED) is 0.626. The van der Waals surface area contributed by atoms with Gasteiger partial charge in [-0.3, -0.25) is 0 Å². The zero-order chi connectivity index (χ0) is 11.8. The fourth-order valence-electron chi connectivity index (χ4n) is 2.16. The molecule has 16 heavy (non-hydrogen) atoms. The number of ether oxygens (including phenoxy) is 2. The molecule has 1 aliphatic heterocycles. The van der Waals surface area contributed by atoms with Gasteiger partial charge in [-0.1, -0.05) is 6.92 Å². The van der Waals surface area contributed by atoms with Crippen molar-refractivity contribution in [2.75, 3.05) is 32.8 Å². The lowest BCUT2D eigenvalue weighted by Crippen LogP contribution is -2.35. The molecule has 0 atom stereocenters. The van der Waals surface area contributed by atoms with Gasteiger partial charge in [-0.25, -0.2) is 0 Å². The summed E-state index contributed by atoms with van der Waals surface area (Å²) in [5.41, 5.74) is 0. The molecule has 0 N–H and O–H groups in total. The standard InChI is InChI=1S/C13H27NO2/c1-4-15-13(16-5-2)8-11-14-9-6-12(3)7-10-14/h12-13H,4-11H2,1-3H3. The minimum atomic E-state index is -0.00523. The van der Waals surface area contributed by atoms with E-state index in [0.29, 0.717) is 0 Å². The molecule has 0 unspecified atom stereocenters. The Bertz CT molecular complexity index is 161. The predicted molar refractivity (Wildman–Crippen MR) is 66.5 cm³/mol. The van der Waals surface area contributed by atoms with E-state index in [9.17, 15) is 0 Å². The maximum atomic E-state index is 5.55. The Kier molecular flexibility index (Phi) is 7.01. The molecule has 0 aliphatic carbocycles. The van der Waals surface area contributed by atoms with Gasteiger partial charge in [0, 0.05) is 26.2 Å². The van der Waals surface area contributed by atoms with Crippen molar-refractivity contribution in [2.24, 2.45) is 5.92 Å². The molecule has 0 spiro atoms. The Labute approximate surface area is 100 Å². The minimum absolute atomic E-state index is 0.00523.